The van der Waals surface area contributed by atoms with Crippen LogP contribution in [0.1, 0.15) is 10.4 Å². The summed E-state index contributed by atoms with van der Waals surface area (Å²) in [7, 11) is 1.32. The molecule has 0 saturated carbocycles. The minimum Gasteiger partial charge on any atom is -0.490 e. The first-order chi connectivity index (χ1) is 14.9. The first-order valence-electron chi connectivity index (χ1n) is 8.85. The van der Waals surface area contributed by atoms with E-state index in [0.29, 0.717) is 33.3 Å². The Hall–Kier alpha value is -3.43. The number of nitro benzene ring substituents is 1. The van der Waals surface area contributed by atoms with E-state index in [1.807, 2.05) is 6.07 Å². The topological polar surface area (TPSA) is 108 Å². The van der Waals surface area contributed by atoms with Crippen LogP contribution in [0.4, 0.5) is 11.4 Å². The van der Waals surface area contributed by atoms with E-state index in [9.17, 15) is 14.9 Å². The molecule has 4 rings (SSSR count). The van der Waals surface area contributed by atoms with Gasteiger partial charge in [-0.1, -0.05) is 27.5 Å². The molecule has 1 heterocycles. The van der Waals surface area contributed by atoms with Crippen molar-refractivity contribution in [3.8, 4) is 17.2 Å². The highest BCUT2D eigenvalue weighted by Gasteiger charge is 2.19. The van der Waals surface area contributed by atoms with Crippen LogP contribution >= 0.6 is 27.5 Å². The van der Waals surface area contributed by atoms with Gasteiger partial charge in [0.15, 0.2) is 11.3 Å². The lowest BCUT2D eigenvalue weighted by atomic mass is 10.1. The fraction of sp³-hybridized carbons (Fsp3) is 0.0476. The van der Waals surface area contributed by atoms with E-state index < -0.39 is 10.8 Å². The number of methoxy groups -OCH3 is 1. The zero-order valence-electron chi connectivity index (χ0n) is 15.9. The molecule has 10 heteroatoms. The second-order valence-electron chi connectivity index (χ2n) is 6.42. The predicted molar refractivity (Wildman–Crippen MR) is 120 cm³/mol. The summed E-state index contributed by atoms with van der Waals surface area (Å²) in [6.45, 7) is 0. The van der Waals surface area contributed by atoms with Gasteiger partial charge in [-0.2, -0.15) is 0 Å². The van der Waals surface area contributed by atoms with Crippen molar-refractivity contribution in [3.63, 3.8) is 0 Å². The van der Waals surface area contributed by atoms with E-state index in [0.717, 1.165) is 10.5 Å². The maximum Gasteiger partial charge on any atom is 0.311 e. The Morgan fingerprint density at radius 2 is 2.00 bits per heavy atom. The van der Waals surface area contributed by atoms with E-state index in [4.69, 9.17) is 20.8 Å². The van der Waals surface area contributed by atoms with Gasteiger partial charge in [-0.25, -0.2) is 4.98 Å². The number of carbonyl (C=O) groups is 1. The van der Waals surface area contributed by atoms with Crippen LogP contribution in [0.3, 0.4) is 0 Å². The average molecular weight is 503 g/mol. The maximum absolute atomic E-state index is 12.6. The fourth-order valence-electron chi connectivity index (χ4n) is 2.96. The van der Waals surface area contributed by atoms with Crippen LogP contribution in [0.5, 0.6) is 5.75 Å². The molecule has 8 nitrogen and oxygen atoms in total. The van der Waals surface area contributed by atoms with Gasteiger partial charge in [-0.05, 0) is 48.5 Å². The molecule has 3 aromatic carbocycles. The average Bonchev–Trinajstić information content (AvgIpc) is 3.18. The molecule has 0 aliphatic carbocycles. The maximum atomic E-state index is 12.6. The minimum atomic E-state index is -0.605. The van der Waals surface area contributed by atoms with Crippen molar-refractivity contribution < 1.29 is 18.9 Å². The summed E-state index contributed by atoms with van der Waals surface area (Å²) in [6, 6.07) is 14.3. The number of nitrogens with one attached hydrogen (secondary N) is 1. The second kappa shape index (κ2) is 8.37. The van der Waals surface area contributed by atoms with Gasteiger partial charge in [0.2, 0.25) is 5.89 Å². The van der Waals surface area contributed by atoms with Crippen LogP contribution in [0.2, 0.25) is 5.02 Å². The minimum absolute atomic E-state index is 0.0734. The predicted octanol–water partition coefficient (Wildman–Crippen LogP) is 6.08. The number of ether oxygens (including phenoxy) is 1. The molecule has 4 aromatic rings. The molecule has 0 aliphatic heterocycles. The summed E-state index contributed by atoms with van der Waals surface area (Å²) in [4.78, 5) is 27.6. The molecule has 31 heavy (non-hydrogen) atoms. The molecule has 0 atom stereocenters. The zero-order valence-corrected chi connectivity index (χ0v) is 18.2. The Kier molecular flexibility index (Phi) is 5.62. The van der Waals surface area contributed by atoms with Crippen molar-refractivity contribution in [1.82, 2.24) is 4.98 Å². The highest BCUT2D eigenvalue weighted by molar-refractivity contribution is 9.10. The SMILES string of the molecule is COc1ccc(C(=O)Nc2ccc3oc(-c4cc(Br)ccc4Cl)nc3c2)cc1[N+](=O)[O-]. The van der Waals surface area contributed by atoms with E-state index >= 15 is 0 Å². The molecule has 156 valence electrons. The lowest BCUT2D eigenvalue weighted by Gasteiger charge is -2.06. The Bertz CT molecular complexity index is 1340. The highest BCUT2D eigenvalue weighted by atomic mass is 79.9. The monoisotopic (exact) mass is 501 g/mol. The Balaban J connectivity index is 1.62. The first-order valence-corrected chi connectivity index (χ1v) is 10.0. The van der Waals surface area contributed by atoms with Crippen LogP contribution in [-0.4, -0.2) is 22.9 Å². The lowest BCUT2D eigenvalue weighted by Crippen LogP contribution is -2.12. The molecular formula is C21H13BrClN3O5. The summed E-state index contributed by atoms with van der Waals surface area (Å²) < 4.78 is 11.6. The largest absolute Gasteiger partial charge is 0.490 e. The number of oxazole rings is 1. The van der Waals surface area contributed by atoms with Gasteiger partial charge in [0.1, 0.15) is 5.52 Å². The second-order valence-corrected chi connectivity index (χ2v) is 7.75. The van der Waals surface area contributed by atoms with Gasteiger partial charge in [0.25, 0.3) is 5.91 Å². The molecule has 0 aliphatic rings. The smallest absolute Gasteiger partial charge is 0.311 e. The van der Waals surface area contributed by atoms with Crippen molar-refractivity contribution in [2.75, 3.05) is 12.4 Å². The van der Waals surface area contributed by atoms with Crippen molar-refractivity contribution in [3.05, 3.63) is 79.8 Å². The standard InChI is InChI=1S/C21H13BrClN3O5/c1-30-19-6-2-11(8-17(19)26(28)29)20(27)24-13-4-7-18-16(10-13)25-21(31-18)14-9-12(22)3-5-15(14)23/h2-10H,1H3,(H,24,27). The number of nitrogens with zero attached hydrogens (tertiary/aromatic N) is 2. The number of benzene rings is 3. The van der Waals surface area contributed by atoms with E-state index in [1.54, 1.807) is 30.3 Å². The summed E-state index contributed by atoms with van der Waals surface area (Å²) in [5, 5.41) is 14.4. The first kappa shape index (κ1) is 20.8. The molecule has 0 saturated heterocycles. The van der Waals surface area contributed by atoms with Crippen LogP contribution in [0, 0.1) is 10.1 Å². The molecule has 0 bridgehead atoms. The van der Waals surface area contributed by atoms with Gasteiger partial charge >= 0.3 is 5.69 Å². The number of rotatable bonds is 5. The van der Waals surface area contributed by atoms with E-state index in [-0.39, 0.29) is 17.0 Å². The molecular weight excluding hydrogens is 490 g/mol. The molecule has 1 amide bonds. The van der Waals surface area contributed by atoms with Gasteiger partial charge in [-0.3, -0.25) is 14.9 Å². The number of hydrogen-bond donors (Lipinski definition) is 1. The molecule has 0 unspecified atom stereocenters. The quantitative estimate of drug-likeness (QED) is 0.262. The normalized spacial score (nSPS) is 10.8. The Morgan fingerprint density at radius 1 is 1.19 bits per heavy atom. The number of amides is 1. The molecule has 0 fully saturated rings. The number of hydrogen-bond acceptors (Lipinski definition) is 6. The summed E-state index contributed by atoms with van der Waals surface area (Å²) in [5.41, 5.74) is 1.94. The highest BCUT2D eigenvalue weighted by Crippen LogP contribution is 2.33. The summed E-state index contributed by atoms with van der Waals surface area (Å²) in [6.07, 6.45) is 0. The van der Waals surface area contributed by atoms with Crippen LogP contribution in [0.25, 0.3) is 22.6 Å². The van der Waals surface area contributed by atoms with Crippen molar-refractivity contribution in [2.45, 2.75) is 0 Å². The number of carbonyl (C=O) groups excluding carboxylic acids is 1. The lowest BCUT2D eigenvalue weighted by molar-refractivity contribution is -0.385. The number of nitro groups is 1. The third-order valence-electron chi connectivity index (χ3n) is 4.44. The number of aromatic nitrogens is 1. The van der Waals surface area contributed by atoms with Crippen molar-refractivity contribution in [2.24, 2.45) is 0 Å². The Morgan fingerprint density at radius 3 is 2.74 bits per heavy atom. The van der Waals surface area contributed by atoms with Crippen LogP contribution in [0.15, 0.2) is 63.5 Å². The van der Waals surface area contributed by atoms with Gasteiger partial charge in [0, 0.05) is 21.8 Å². The fourth-order valence-corrected chi connectivity index (χ4v) is 3.52. The molecule has 1 N–H and O–H groups in total. The van der Waals surface area contributed by atoms with Crippen LogP contribution in [-0.2, 0) is 0 Å². The summed E-state index contributed by atoms with van der Waals surface area (Å²) >= 11 is 9.64. The van der Waals surface area contributed by atoms with Crippen molar-refractivity contribution >= 4 is 55.9 Å². The van der Waals surface area contributed by atoms with E-state index in [2.05, 4.69) is 26.2 Å². The number of anilines is 1. The Labute approximate surface area is 189 Å². The number of halogens is 2. The molecule has 0 spiro atoms. The summed E-state index contributed by atoms with van der Waals surface area (Å²) in [5.74, 6) is -0.0938. The molecule has 0 radical (unpaired) electrons. The molecule has 1 aromatic heterocycles. The van der Waals surface area contributed by atoms with E-state index in [1.165, 1.54) is 19.2 Å². The van der Waals surface area contributed by atoms with Gasteiger partial charge < -0.3 is 14.5 Å². The zero-order chi connectivity index (χ0) is 22.1. The van der Waals surface area contributed by atoms with Gasteiger partial charge in [0.05, 0.1) is 22.6 Å². The van der Waals surface area contributed by atoms with Crippen LogP contribution < -0.4 is 10.1 Å². The third kappa shape index (κ3) is 4.23. The number of fused-ring (bicyclic) bond motifs is 1. The van der Waals surface area contributed by atoms with Crippen molar-refractivity contribution in [1.29, 1.82) is 0 Å². The third-order valence-corrected chi connectivity index (χ3v) is 5.26. The van der Waals surface area contributed by atoms with Gasteiger partial charge in [-0.15, -0.1) is 0 Å².